The van der Waals surface area contributed by atoms with E-state index in [0.29, 0.717) is 22.4 Å². The van der Waals surface area contributed by atoms with E-state index in [0.717, 1.165) is 5.56 Å². The molecule has 0 bridgehead atoms. The van der Waals surface area contributed by atoms with E-state index in [1.54, 1.807) is 41.1 Å². The molecule has 0 saturated carbocycles. The van der Waals surface area contributed by atoms with Crippen molar-refractivity contribution < 1.29 is 14.3 Å². The summed E-state index contributed by atoms with van der Waals surface area (Å²) >= 11 is 0. The van der Waals surface area contributed by atoms with E-state index in [2.05, 4.69) is 9.97 Å². The van der Waals surface area contributed by atoms with Crippen molar-refractivity contribution in [1.29, 1.82) is 0 Å². The Balaban J connectivity index is 1.93. The monoisotopic (exact) mass is 295 g/mol. The van der Waals surface area contributed by atoms with Gasteiger partial charge in [-0.15, -0.1) is 0 Å². The number of carboxylic acids is 1. The summed E-state index contributed by atoms with van der Waals surface area (Å²) in [6.45, 7) is 0. The van der Waals surface area contributed by atoms with Crippen LogP contribution in [-0.2, 0) is 0 Å². The molecule has 2 N–H and O–H groups in total. The van der Waals surface area contributed by atoms with E-state index in [1.165, 1.54) is 6.07 Å². The van der Waals surface area contributed by atoms with Crippen molar-refractivity contribution in [3.8, 4) is 11.3 Å². The lowest BCUT2D eigenvalue weighted by atomic mass is 10.1. The number of aromatic carboxylic acids is 1. The van der Waals surface area contributed by atoms with Gasteiger partial charge in [0.05, 0.1) is 11.2 Å². The third-order valence-electron chi connectivity index (χ3n) is 3.43. The number of rotatable bonds is 2. The van der Waals surface area contributed by atoms with Crippen molar-refractivity contribution in [3.05, 3.63) is 58.8 Å². The maximum absolute atomic E-state index is 11.2. The number of aromatic nitrogens is 3. The van der Waals surface area contributed by atoms with Gasteiger partial charge >= 0.3 is 11.7 Å². The second-order valence-electron chi connectivity index (χ2n) is 4.81. The zero-order chi connectivity index (χ0) is 15.3. The minimum atomic E-state index is -1.03. The molecule has 4 aromatic rings. The van der Waals surface area contributed by atoms with Crippen molar-refractivity contribution >= 4 is 22.7 Å². The van der Waals surface area contributed by atoms with Crippen LogP contribution in [-0.4, -0.2) is 25.4 Å². The SMILES string of the molecule is O=C(O)c1cccn2cc(-c3ccc4[nH]c(=O)oc4c3)nc12. The summed E-state index contributed by atoms with van der Waals surface area (Å²) in [6, 6.07) is 8.35. The average Bonchev–Trinajstić information content (AvgIpc) is 3.07. The maximum atomic E-state index is 11.2. The van der Waals surface area contributed by atoms with Gasteiger partial charge in [0.25, 0.3) is 0 Å². The van der Waals surface area contributed by atoms with Crippen LogP contribution in [0.4, 0.5) is 0 Å². The van der Waals surface area contributed by atoms with Crippen LogP contribution < -0.4 is 5.76 Å². The molecular formula is C15H9N3O4. The Morgan fingerprint density at radius 1 is 1.32 bits per heavy atom. The number of benzene rings is 1. The van der Waals surface area contributed by atoms with Crippen molar-refractivity contribution in [3.63, 3.8) is 0 Å². The Labute approximate surface area is 122 Å². The van der Waals surface area contributed by atoms with Gasteiger partial charge in [-0.25, -0.2) is 14.6 Å². The van der Waals surface area contributed by atoms with Crippen LogP contribution in [0, 0.1) is 0 Å². The molecule has 3 aromatic heterocycles. The molecular weight excluding hydrogens is 286 g/mol. The number of H-pyrrole nitrogens is 1. The summed E-state index contributed by atoms with van der Waals surface area (Å²) in [5, 5.41) is 9.20. The number of aromatic amines is 1. The van der Waals surface area contributed by atoms with Gasteiger partial charge in [-0.3, -0.25) is 4.98 Å². The van der Waals surface area contributed by atoms with Crippen molar-refractivity contribution in [2.45, 2.75) is 0 Å². The quantitative estimate of drug-likeness (QED) is 0.590. The maximum Gasteiger partial charge on any atom is 0.417 e. The van der Waals surface area contributed by atoms with Gasteiger partial charge in [0.15, 0.2) is 11.2 Å². The topological polar surface area (TPSA) is 101 Å². The van der Waals surface area contributed by atoms with Crippen LogP contribution in [0.5, 0.6) is 0 Å². The molecule has 22 heavy (non-hydrogen) atoms. The predicted molar refractivity (Wildman–Crippen MR) is 78.0 cm³/mol. The highest BCUT2D eigenvalue weighted by molar-refractivity contribution is 5.94. The van der Waals surface area contributed by atoms with E-state index < -0.39 is 11.7 Å². The van der Waals surface area contributed by atoms with E-state index in [1.807, 2.05) is 0 Å². The van der Waals surface area contributed by atoms with Crippen molar-refractivity contribution in [2.24, 2.45) is 0 Å². The standard InChI is InChI=1S/C15H9N3O4/c19-14(20)9-2-1-5-18-7-11(16-13(9)18)8-3-4-10-12(6-8)22-15(21)17-10/h1-7H,(H,17,21)(H,19,20). The summed E-state index contributed by atoms with van der Waals surface area (Å²) in [6.07, 6.45) is 3.46. The second kappa shape index (κ2) is 4.32. The largest absolute Gasteiger partial charge is 0.478 e. The smallest absolute Gasteiger partial charge is 0.417 e. The first-order valence-corrected chi connectivity index (χ1v) is 6.46. The van der Waals surface area contributed by atoms with E-state index in [9.17, 15) is 14.7 Å². The number of imidazole rings is 1. The number of nitrogens with zero attached hydrogens (tertiary/aromatic N) is 2. The minimum Gasteiger partial charge on any atom is -0.478 e. The number of hydrogen-bond donors (Lipinski definition) is 2. The van der Waals surface area contributed by atoms with E-state index >= 15 is 0 Å². The molecule has 1 aromatic carbocycles. The first kappa shape index (κ1) is 12.4. The highest BCUT2D eigenvalue weighted by Crippen LogP contribution is 2.24. The number of carbonyl (C=O) groups is 1. The van der Waals surface area contributed by atoms with Gasteiger partial charge in [0, 0.05) is 18.0 Å². The molecule has 0 aliphatic heterocycles. The zero-order valence-corrected chi connectivity index (χ0v) is 11.1. The third kappa shape index (κ3) is 1.80. The molecule has 7 heteroatoms. The van der Waals surface area contributed by atoms with Gasteiger partial charge < -0.3 is 13.9 Å². The van der Waals surface area contributed by atoms with Crippen LogP contribution in [0.15, 0.2) is 51.9 Å². The van der Waals surface area contributed by atoms with Crippen LogP contribution in [0.1, 0.15) is 10.4 Å². The zero-order valence-electron chi connectivity index (χ0n) is 11.1. The fourth-order valence-electron chi connectivity index (χ4n) is 2.42. The van der Waals surface area contributed by atoms with E-state index in [4.69, 9.17) is 4.42 Å². The second-order valence-corrected chi connectivity index (χ2v) is 4.81. The summed E-state index contributed by atoms with van der Waals surface area (Å²) in [5.74, 6) is -1.55. The van der Waals surface area contributed by atoms with Crippen molar-refractivity contribution in [2.75, 3.05) is 0 Å². The summed E-state index contributed by atoms with van der Waals surface area (Å²) in [5.41, 5.74) is 2.85. The molecule has 0 aliphatic rings. The van der Waals surface area contributed by atoms with Crippen LogP contribution in [0.25, 0.3) is 28.0 Å². The Hall–Kier alpha value is -3.35. The fraction of sp³-hybridized carbons (Fsp3) is 0. The lowest BCUT2D eigenvalue weighted by molar-refractivity contribution is 0.0698. The highest BCUT2D eigenvalue weighted by Gasteiger charge is 2.13. The Morgan fingerprint density at radius 2 is 2.18 bits per heavy atom. The number of carboxylic acid groups (broad SMARTS) is 1. The summed E-state index contributed by atoms with van der Waals surface area (Å²) in [7, 11) is 0. The molecule has 0 fully saturated rings. The number of nitrogens with one attached hydrogen (secondary N) is 1. The van der Waals surface area contributed by atoms with Gasteiger partial charge in [-0.1, -0.05) is 6.07 Å². The fourth-order valence-corrected chi connectivity index (χ4v) is 2.42. The lowest BCUT2D eigenvalue weighted by Gasteiger charge is -1.96. The molecule has 108 valence electrons. The predicted octanol–water partition coefficient (Wildman–Crippen LogP) is 2.13. The molecule has 4 rings (SSSR count). The number of pyridine rings is 1. The van der Waals surface area contributed by atoms with Gasteiger partial charge in [-0.2, -0.15) is 0 Å². The van der Waals surface area contributed by atoms with Crippen LogP contribution in [0.3, 0.4) is 0 Å². The summed E-state index contributed by atoms with van der Waals surface area (Å²) in [4.78, 5) is 29.4. The van der Waals surface area contributed by atoms with Gasteiger partial charge in [0.2, 0.25) is 0 Å². The molecule has 0 amide bonds. The lowest BCUT2D eigenvalue weighted by Crippen LogP contribution is -1.99. The molecule has 7 nitrogen and oxygen atoms in total. The van der Waals surface area contributed by atoms with Gasteiger partial charge in [0.1, 0.15) is 5.56 Å². The summed E-state index contributed by atoms with van der Waals surface area (Å²) < 4.78 is 6.68. The minimum absolute atomic E-state index is 0.128. The molecule has 0 aliphatic carbocycles. The van der Waals surface area contributed by atoms with Crippen LogP contribution in [0.2, 0.25) is 0 Å². The normalized spacial score (nSPS) is 11.3. The molecule has 0 radical (unpaired) electrons. The first-order chi connectivity index (χ1) is 10.6. The van der Waals surface area contributed by atoms with Crippen LogP contribution >= 0.6 is 0 Å². The Bertz CT molecular complexity index is 1090. The average molecular weight is 295 g/mol. The number of hydrogen-bond acceptors (Lipinski definition) is 4. The van der Waals surface area contributed by atoms with Gasteiger partial charge in [-0.05, 0) is 24.3 Å². The number of fused-ring (bicyclic) bond motifs is 2. The Kier molecular flexibility index (Phi) is 2.43. The molecule has 3 heterocycles. The number of oxazole rings is 1. The third-order valence-corrected chi connectivity index (χ3v) is 3.43. The Morgan fingerprint density at radius 3 is 3.00 bits per heavy atom. The van der Waals surface area contributed by atoms with E-state index in [-0.39, 0.29) is 5.56 Å². The highest BCUT2D eigenvalue weighted by atomic mass is 16.4. The molecule has 0 unspecified atom stereocenters. The molecule has 0 atom stereocenters. The molecule has 0 spiro atoms. The van der Waals surface area contributed by atoms with Crippen molar-refractivity contribution in [1.82, 2.24) is 14.4 Å². The molecule has 0 saturated heterocycles. The first-order valence-electron chi connectivity index (χ1n) is 6.46.